The fourth-order valence-corrected chi connectivity index (χ4v) is 2.81. The minimum Gasteiger partial charge on any atom is -0.481 e. The van der Waals surface area contributed by atoms with E-state index < -0.39 is 17.8 Å². The third-order valence-corrected chi connectivity index (χ3v) is 4.23. The first-order chi connectivity index (χ1) is 12.9. The van der Waals surface area contributed by atoms with Gasteiger partial charge in [-0.05, 0) is 35.9 Å². The number of nitrogens with one attached hydrogen (secondary N) is 2. The van der Waals surface area contributed by atoms with E-state index in [1.165, 1.54) is 12.1 Å². The molecule has 3 rings (SSSR count). The number of carbonyl (C=O) groups excluding carboxylic acids is 3. The van der Waals surface area contributed by atoms with Gasteiger partial charge in [-0.3, -0.25) is 14.5 Å². The lowest BCUT2D eigenvalue weighted by molar-refractivity contribution is -0.125. The molecule has 2 aromatic carbocycles. The maximum absolute atomic E-state index is 13.7. The van der Waals surface area contributed by atoms with Gasteiger partial charge in [0.2, 0.25) is 5.91 Å². The zero-order chi connectivity index (χ0) is 19.4. The summed E-state index contributed by atoms with van der Waals surface area (Å²) < 4.78 is 19.4. The molecule has 0 atom stereocenters. The molecule has 27 heavy (non-hydrogen) atoms. The zero-order valence-corrected chi connectivity index (χ0v) is 15.6. The van der Waals surface area contributed by atoms with Crippen molar-refractivity contribution in [1.82, 2.24) is 10.2 Å². The van der Waals surface area contributed by atoms with Crippen molar-refractivity contribution >= 4 is 39.5 Å². The minimum atomic E-state index is -0.576. The Morgan fingerprint density at radius 2 is 2.07 bits per heavy atom. The van der Waals surface area contributed by atoms with Crippen molar-refractivity contribution in [3.05, 3.63) is 58.3 Å². The Hall–Kier alpha value is -2.94. The minimum absolute atomic E-state index is 0.0147. The average molecular weight is 436 g/mol. The van der Waals surface area contributed by atoms with Crippen LogP contribution in [0, 0.1) is 5.82 Å². The van der Waals surface area contributed by atoms with Gasteiger partial charge in [0.1, 0.15) is 0 Å². The number of carbonyl (C=O) groups is 3. The van der Waals surface area contributed by atoms with Crippen LogP contribution in [0.4, 0.5) is 14.9 Å². The van der Waals surface area contributed by atoms with Gasteiger partial charge in [0.05, 0.1) is 13.1 Å². The van der Waals surface area contributed by atoms with E-state index >= 15 is 0 Å². The molecule has 140 valence electrons. The molecule has 4 amide bonds. The quantitative estimate of drug-likeness (QED) is 0.682. The van der Waals surface area contributed by atoms with Crippen LogP contribution in [0.3, 0.4) is 0 Å². The van der Waals surface area contributed by atoms with E-state index in [-0.39, 0.29) is 31.4 Å². The molecule has 0 spiro atoms. The number of rotatable bonds is 6. The fourth-order valence-electron chi connectivity index (χ4n) is 2.48. The van der Waals surface area contributed by atoms with E-state index in [1.807, 2.05) is 0 Å². The van der Waals surface area contributed by atoms with E-state index in [4.69, 9.17) is 4.74 Å². The molecule has 0 unspecified atom stereocenters. The summed E-state index contributed by atoms with van der Waals surface area (Å²) in [5.74, 6) is -1.38. The third-order valence-electron chi connectivity index (χ3n) is 3.74. The summed E-state index contributed by atoms with van der Waals surface area (Å²) in [6.45, 7) is -0.274. The highest BCUT2D eigenvalue weighted by Gasteiger charge is 2.28. The van der Waals surface area contributed by atoms with Crippen LogP contribution in [-0.4, -0.2) is 35.9 Å². The fraction of sp³-hybridized carbons (Fsp3) is 0.167. The molecule has 1 aliphatic rings. The molecular weight excluding hydrogens is 421 g/mol. The Morgan fingerprint density at radius 1 is 1.26 bits per heavy atom. The summed E-state index contributed by atoms with van der Waals surface area (Å²) in [7, 11) is 0. The molecule has 2 N–H and O–H groups in total. The first-order valence-corrected chi connectivity index (χ1v) is 8.76. The molecule has 0 aliphatic carbocycles. The van der Waals surface area contributed by atoms with Crippen LogP contribution in [0.5, 0.6) is 5.75 Å². The van der Waals surface area contributed by atoms with Crippen molar-refractivity contribution in [3.63, 3.8) is 0 Å². The highest BCUT2D eigenvalue weighted by molar-refractivity contribution is 9.10. The first-order valence-electron chi connectivity index (χ1n) is 7.97. The summed E-state index contributed by atoms with van der Waals surface area (Å²) in [6, 6.07) is 10.6. The smallest absolute Gasteiger partial charge is 0.324 e. The number of halogens is 2. The maximum atomic E-state index is 13.7. The molecule has 2 aromatic rings. The van der Waals surface area contributed by atoms with Gasteiger partial charge in [-0.25, -0.2) is 9.18 Å². The molecule has 1 heterocycles. The molecule has 0 aromatic heterocycles. The predicted octanol–water partition coefficient (Wildman–Crippen LogP) is 2.66. The molecular formula is C18H15BrFN3O4. The second-order valence-electron chi connectivity index (χ2n) is 5.75. The van der Waals surface area contributed by atoms with Gasteiger partial charge in [-0.15, -0.1) is 0 Å². The molecule has 9 heteroatoms. The number of nitrogens with zero attached hydrogens (tertiary/aromatic N) is 1. The van der Waals surface area contributed by atoms with Crippen LogP contribution in [0.1, 0.15) is 5.56 Å². The largest absolute Gasteiger partial charge is 0.481 e. The first kappa shape index (κ1) is 18.8. The number of imide groups is 1. The Labute approximate surface area is 162 Å². The van der Waals surface area contributed by atoms with Crippen LogP contribution in [0.25, 0.3) is 0 Å². The monoisotopic (exact) mass is 435 g/mol. The van der Waals surface area contributed by atoms with Crippen LogP contribution >= 0.6 is 15.9 Å². The molecule has 1 fully saturated rings. The second kappa shape index (κ2) is 8.17. The number of anilines is 1. The van der Waals surface area contributed by atoms with Gasteiger partial charge in [0, 0.05) is 10.2 Å². The van der Waals surface area contributed by atoms with Crippen molar-refractivity contribution in [1.29, 1.82) is 0 Å². The second-order valence-corrected chi connectivity index (χ2v) is 6.67. The predicted molar refractivity (Wildman–Crippen MR) is 98.6 cm³/mol. The van der Waals surface area contributed by atoms with Crippen molar-refractivity contribution in [2.75, 3.05) is 18.5 Å². The topological polar surface area (TPSA) is 87.7 Å². The summed E-state index contributed by atoms with van der Waals surface area (Å²) >= 11 is 3.14. The zero-order valence-electron chi connectivity index (χ0n) is 14.0. The highest BCUT2D eigenvalue weighted by Crippen LogP contribution is 2.21. The van der Waals surface area contributed by atoms with E-state index in [0.29, 0.717) is 15.7 Å². The number of hydrogen-bond donors (Lipinski definition) is 2. The number of ether oxygens (including phenoxy) is 1. The van der Waals surface area contributed by atoms with Gasteiger partial charge in [0.25, 0.3) is 5.91 Å². The van der Waals surface area contributed by atoms with Gasteiger partial charge >= 0.3 is 6.03 Å². The van der Waals surface area contributed by atoms with Crippen molar-refractivity contribution in [2.24, 2.45) is 0 Å². The molecule has 0 radical (unpaired) electrons. The van der Waals surface area contributed by atoms with Crippen LogP contribution < -0.4 is 15.4 Å². The normalized spacial score (nSPS) is 13.5. The van der Waals surface area contributed by atoms with Gasteiger partial charge < -0.3 is 15.4 Å². The van der Waals surface area contributed by atoms with E-state index in [1.54, 1.807) is 30.3 Å². The molecule has 1 saturated heterocycles. The van der Waals surface area contributed by atoms with Crippen molar-refractivity contribution < 1.29 is 23.5 Å². The lowest BCUT2D eigenvalue weighted by Gasteiger charge is -2.13. The number of hydrogen-bond acceptors (Lipinski definition) is 4. The highest BCUT2D eigenvalue weighted by atomic mass is 79.9. The lowest BCUT2D eigenvalue weighted by Crippen LogP contribution is -2.30. The lowest BCUT2D eigenvalue weighted by atomic mass is 10.2. The van der Waals surface area contributed by atoms with Crippen LogP contribution in [0.15, 0.2) is 46.9 Å². The van der Waals surface area contributed by atoms with Gasteiger partial charge in [-0.2, -0.15) is 0 Å². The van der Waals surface area contributed by atoms with E-state index in [0.717, 1.165) is 4.90 Å². The van der Waals surface area contributed by atoms with Gasteiger partial charge in [-0.1, -0.05) is 28.1 Å². The Bertz CT molecular complexity index is 890. The van der Waals surface area contributed by atoms with Crippen molar-refractivity contribution in [2.45, 2.75) is 6.54 Å². The summed E-state index contributed by atoms with van der Waals surface area (Å²) in [6.07, 6.45) is 0. The van der Waals surface area contributed by atoms with E-state index in [9.17, 15) is 18.8 Å². The third kappa shape index (κ3) is 4.82. The number of urea groups is 1. The van der Waals surface area contributed by atoms with Crippen LogP contribution in [0.2, 0.25) is 0 Å². The molecule has 0 saturated carbocycles. The average Bonchev–Trinajstić information content (AvgIpc) is 2.93. The van der Waals surface area contributed by atoms with Gasteiger partial charge in [0.15, 0.2) is 18.2 Å². The number of benzene rings is 2. The molecule has 0 bridgehead atoms. The number of amides is 4. The summed E-state index contributed by atoms with van der Waals surface area (Å²) in [5.41, 5.74) is 1.16. The Balaban J connectivity index is 1.58. The standard InChI is InChI=1S/C18H15BrFN3O4/c19-12-4-5-15(14(20)7-12)27-10-16(24)22-13-3-1-2-11(6-13)9-23-17(25)8-21-18(23)26/h1-7H,8-10H2,(H,21,26)(H,22,24). The molecule has 1 aliphatic heterocycles. The van der Waals surface area contributed by atoms with Crippen molar-refractivity contribution in [3.8, 4) is 5.75 Å². The summed E-state index contributed by atoms with van der Waals surface area (Å²) in [4.78, 5) is 36.4. The maximum Gasteiger partial charge on any atom is 0.324 e. The Kier molecular flexibility index (Phi) is 5.70. The van der Waals surface area contributed by atoms with Crippen LogP contribution in [-0.2, 0) is 16.1 Å². The summed E-state index contributed by atoms with van der Waals surface area (Å²) in [5, 5.41) is 5.08. The molecule has 7 nitrogen and oxygen atoms in total. The SMILES string of the molecule is O=C(COc1ccc(Br)cc1F)Nc1cccc(CN2C(=O)CNC2=O)c1. The Morgan fingerprint density at radius 3 is 2.78 bits per heavy atom. The van der Waals surface area contributed by atoms with E-state index in [2.05, 4.69) is 26.6 Å².